The summed E-state index contributed by atoms with van der Waals surface area (Å²) in [5.74, 6) is 2.87. The number of para-hydroxylation sites is 1. The molecule has 3 nitrogen and oxygen atoms in total. The number of aryl methyl sites for hydroxylation is 1. The zero-order valence-corrected chi connectivity index (χ0v) is 11.1. The van der Waals surface area contributed by atoms with Crippen molar-refractivity contribution >= 4 is 11.6 Å². The molecular formula is C16H19NO2. The number of carbonyl (C=O) groups is 1. The van der Waals surface area contributed by atoms with Crippen LogP contribution in [0.4, 0.5) is 5.69 Å². The van der Waals surface area contributed by atoms with Crippen LogP contribution in [0.5, 0.6) is 5.75 Å². The van der Waals surface area contributed by atoms with Gasteiger partial charge in [-0.05, 0) is 37.3 Å². The molecule has 3 heteroatoms. The highest BCUT2D eigenvalue weighted by molar-refractivity contribution is 5.96. The Kier molecular flexibility index (Phi) is 4.46. The molecule has 0 saturated carbocycles. The van der Waals surface area contributed by atoms with Gasteiger partial charge in [0.25, 0.3) is 0 Å². The van der Waals surface area contributed by atoms with Crippen LogP contribution in [0.15, 0.2) is 18.2 Å². The monoisotopic (exact) mass is 257 g/mol. The lowest BCUT2D eigenvalue weighted by Crippen LogP contribution is -2.35. The number of rotatable bonds is 4. The first-order valence-electron chi connectivity index (χ1n) is 6.78. The van der Waals surface area contributed by atoms with E-state index in [1.807, 2.05) is 12.1 Å². The average molecular weight is 257 g/mol. The van der Waals surface area contributed by atoms with Crippen LogP contribution in [0.1, 0.15) is 37.7 Å². The van der Waals surface area contributed by atoms with Crippen molar-refractivity contribution in [2.24, 2.45) is 0 Å². The number of aromatic hydroxyl groups is 1. The number of phenolic OH excluding ortho intramolecular Hbond substituents is 1. The van der Waals surface area contributed by atoms with Crippen LogP contribution < -0.4 is 4.90 Å². The number of phenols is 1. The van der Waals surface area contributed by atoms with Gasteiger partial charge in [0.05, 0.1) is 5.69 Å². The zero-order chi connectivity index (χ0) is 13.7. The van der Waals surface area contributed by atoms with Gasteiger partial charge in [-0.25, -0.2) is 0 Å². The van der Waals surface area contributed by atoms with Crippen LogP contribution in [0, 0.1) is 12.3 Å². The first-order valence-corrected chi connectivity index (χ1v) is 6.78. The third kappa shape index (κ3) is 3.08. The van der Waals surface area contributed by atoms with Crippen LogP contribution in [0.3, 0.4) is 0 Å². The Morgan fingerprint density at radius 2 is 2.26 bits per heavy atom. The average Bonchev–Trinajstić information content (AvgIpc) is 2.43. The number of unbranched alkanes of at least 4 members (excludes halogenated alkanes) is 2. The van der Waals surface area contributed by atoms with E-state index < -0.39 is 0 Å². The summed E-state index contributed by atoms with van der Waals surface area (Å²) in [5.41, 5.74) is 1.76. The second kappa shape index (κ2) is 6.29. The molecule has 1 aromatic carbocycles. The molecule has 100 valence electrons. The van der Waals surface area contributed by atoms with Gasteiger partial charge in [-0.3, -0.25) is 4.79 Å². The highest BCUT2D eigenvalue weighted by atomic mass is 16.3. The number of carbonyl (C=O) groups excluding carboxylic acids is 1. The Bertz CT molecular complexity index is 502. The number of benzene rings is 1. The molecule has 1 aliphatic rings. The molecule has 0 aliphatic carbocycles. The van der Waals surface area contributed by atoms with Crippen molar-refractivity contribution in [3.63, 3.8) is 0 Å². The largest absolute Gasteiger partial charge is 0.506 e. The van der Waals surface area contributed by atoms with E-state index in [0.29, 0.717) is 18.7 Å². The van der Waals surface area contributed by atoms with Crippen LogP contribution in [-0.4, -0.2) is 17.6 Å². The van der Waals surface area contributed by atoms with Gasteiger partial charge >= 0.3 is 0 Å². The van der Waals surface area contributed by atoms with E-state index in [1.54, 1.807) is 11.0 Å². The molecule has 0 radical (unpaired) electrons. The Labute approximate surface area is 114 Å². The van der Waals surface area contributed by atoms with Crippen molar-refractivity contribution in [3.05, 3.63) is 23.8 Å². The van der Waals surface area contributed by atoms with Gasteiger partial charge in [0.15, 0.2) is 0 Å². The molecule has 0 spiro atoms. The second-order valence-corrected chi connectivity index (χ2v) is 4.85. The van der Waals surface area contributed by atoms with Crippen molar-refractivity contribution in [3.8, 4) is 18.1 Å². The van der Waals surface area contributed by atoms with Gasteiger partial charge in [0, 0.05) is 19.4 Å². The third-order valence-corrected chi connectivity index (χ3v) is 3.46. The van der Waals surface area contributed by atoms with Crippen LogP contribution in [0.25, 0.3) is 0 Å². The number of anilines is 1. The molecule has 1 aliphatic heterocycles. The molecule has 1 N–H and O–H groups in total. The quantitative estimate of drug-likeness (QED) is 0.665. The van der Waals surface area contributed by atoms with E-state index in [2.05, 4.69) is 5.92 Å². The van der Waals surface area contributed by atoms with Crippen molar-refractivity contribution in [1.82, 2.24) is 0 Å². The minimum atomic E-state index is 0.0828. The second-order valence-electron chi connectivity index (χ2n) is 4.85. The van der Waals surface area contributed by atoms with Crippen molar-refractivity contribution in [2.75, 3.05) is 11.4 Å². The lowest BCUT2D eigenvalue weighted by atomic mass is 10.0. The van der Waals surface area contributed by atoms with E-state index in [9.17, 15) is 9.90 Å². The Balaban J connectivity index is 2.07. The molecule has 1 heterocycles. The number of hydrogen-bond donors (Lipinski definition) is 1. The van der Waals surface area contributed by atoms with Crippen molar-refractivity contribution < 1.29 is 9.90 Å². The van der Waals surface area contributed by atoms with E-state index in [1.165, 1.54) is 0 Å². The van der Waals surface area contributed by atoms with Crippen LogP contribution >= 0.6 is 0 Å². The fraction of sp³-hybridized carbons (Fsp3) is 0.438. The van der Waals surface area contributed by atoms with E-state index in [4.69, 9.17) is 6.42 Å². The van der Waals surface area contributed by atoms with Gasteiger partial charge in [0.1, 0.15) is 5.75 Å². The summed E-state index contributed by atoms with van der Waals surface area (Å²) in [4.78, 5) is 14.0. The summed E-state index contributed by atoms with van der Waals surface area (Å²) in [6.07, 6.45) is 9.96. The lowest BCUT2D eigenvalue weighted by molar-refractivity contribution is -0.118. The highest BCUT2D eigenvalue weighted by Crippen LogP contribution is 2.35. The van der Waals surface area contributed by atoms with Gasteiger partial charge in [-0.1, -0.05) is 12.1 Å². The summed E-state index contributed by atoms with van der Waals surface area (Å²) < 4.78 is 0. The lowest BCUT2D eigenvalue weighted by Gasteiger charge is -2.30. The van der Waals surface area contributed by atoms with Gasteiger partial charge in [-0.15, -0.1) is 12.3 Å². The van der Waals surface area contributed by atoms with Gasteiger partial charge in [-0.2, -0.15) is 0 Å². The maximum atomic E-state index is 12.2. The van der Waals surface area contributed by atoms with Crippen LogP contribution in [0.2, 0.25) is 0 Å². The molecule has 0 fully saturated rings. The maximum absolute atomic E-state index is 12.2. The summed E-state index contributed by atoms with van der Waals surface area (Å²) in [6, 6.07) is 5.45. The van der Waals surface area contributed by atoms with Gasteiger partial charge < -0.3 is 10.0 Å². The Hall–Kier alpha value is -1.95. The Morgan fingerprint density at radius 1 is 1.42 bits per heavy atom. The molecule has 0 bridgehead atoms. The SMILES string of the molecule is C#CCCCCC(=O)N1CCCc2cccc(O)c21. The highest BCUT2D eigenvalue weighted by Gasteiger charge is 2.24. The molecule has 19 heavy (non-hydrogen) atoms. The van der Waals surface area contributed by atoms with E-state index >= 15 is 0 Å². The molecule has 1 aromatic rings. The molecule has 0 atom stereocenters. The van der Waals surface area contributed by atoms with Crippen molar-refractivity contribution in [2.45, 2.75) is 38.5 Å². The summed E-state index contributed by atoms with van der Waals surface area (Å²) in [5, 5.41) is 9.96. The van der Waals surface area contributed by atoms with Gasteiger partial charge in [0.2, 0.25) is 5.91 Å². The summed E-state index contributed by atoms with van der Waals surface area (Å²) in [6.45, 7) is 0.693. The predicted octanol–water partition coefficient (Wildman–Crippen LogP) is 2.87. The number of hydrogen-bond acceptors (Lipinski definition) is 2. The maximum Gasteiger partial charge on any atom is 0.227 e. The first-order chi connectivity index (χ1) is 9.24. The molecule has 0 unspecified atom stereocenters. The number of amides is 1. The molecule has 2 rings (SSSR count). The molecule has 0 aromatic heterocycles. The number of terminal acetylenes is 1. The summed E-state index contributed by atoms with van der Waals surface area (Å²) in [7, 11) is 0. The first kappa shape index (κ1) is 13.5. The third-order valence-electron chi connectivity index (χ3n) is 3.46. The fourth-order valence-corrected chi connectivity index (χ4v) is 2.52. The molecular weight excluding hydrogens is 238 g/mol. The predicted molar refractivity (Wildman–Crippen MR) is 76.1 cm³/mol. The fourth-order valence-electron chi connectivity index (χ4n) is 2.52. The minimum Gasteiger partial charge on any atom is -0.506 e. The smallest absolute Gasteiger partial charge is 0.227 e. The number of nitrogens with zero attached hydrogens (tertiary/aromatic N) is 1. The van der Waals surface area contributed by atoms with E-state index in [-0.39, 0.29) is 11.7 Å². The van der Waals surface area contributed by atoms with Crippen molar-refractivity contribution in [1.29, 1.82) is 0 Å². The standard InChI is InChI=1S/C16H19NO2/c1-2-3-4-5-11-15(19)17-12-7-9-13-8-6-10-14(18)16(13)17/h1,6,8,10,18H,3-5,7,9,11-12H2. The number of fused-ring (bicyclic) bond motifs is 1. The zero-order valence-electron chi connectivity index (χ0n) is 11.1. The molecule has 0 saturated heterocycles. The molecule has 1 amide bonds. The van der Waals surface area contributed by atoms with E-state index in [0.717, 1.165) is 37.7 Å². The topological polar surface area (TPSA) is 40.5 Å². The van der Waals surface area contributed by atoms with Crippen LogP contribution in [-0.2, 0) is 11.2 Å². The Morgan fingerprint density at radius 3 is 3.05 bits per heavy atom. The summed E-state index contributed by atoms with van der Waals surface area (Å²) >= 11 is 0. The minimum absolute atomic E-state index is 0.0828. The normalized spacial score (nSPS) is 13.7.